The second-order valence-electron chi connectivity index (χ2n) is 3.09. The van der Waals surface area contributed by atoms with Gasteiger partial charge in [-0.3, -0.25) is 0 Å². The molecular formula is C7H15NO5. The lowest BCUT2D eigenvalue weighted by Crippen LogP contribution is -2.59. The van der Waals surface area contributed by atoms with Crippen molar-refractivity contribution in [2.75, 3.05) is 13.6 Å². The summed E-state index contributed by atoms with van der Waals surface area (Å²) >= 11 is 0. The van der Waals surface area contributed by atoms with E-state index in [0.29, 0.717) is 6.54 Å². The average molecular weight is 193 g/mol. The lowest BCUT2D eigenvalue weighted by molar-refractivity contribution is -0.280. The molecule has 0 aromatic heterocycles. The molecule has 1 rings (SSSR count). The summed E-state index contributed by atoms with van der Waals surface area (Å²) in [6.07, 6.45) is -6.17. The summed E-state index contributed by atoms with van der Waals surface area (Å²) in [6.45, 7) is 0.294. The topological polar surface area (TPSA) is 102 Å². The van der Waals surface area contributed by atoms with Crippen LogP contribution >= 0.6 is 0 Å². The van der Waals surface area contributed by atoms with Gasteiger partial charge in [0.15, 0.2) is 6.29 Å². The molecule has 0 spiro atoms. The first kappa shape index (κ1) is 10.8. The van der Waals surface area contributed by atoms with Crippen LogP contribution in [0, 0.1) is 0 Å². The molecule has 0 bridgehead atoms. The Morgan fingerprint density at radius 3 is 2.23 bits per heavy atom. The summed E-state index contributed by atoms with van der Waals surface area (Å²) in [5.41, 5.74) is 0. The number of hydrogen-bond donors (Lipinski definition) is 5. The Labute approximate surface area is 75.8 Å². The zero-order valence-electron chi connectivity index (χ0n) is 7.29. The molecule has 0 aromatic rings. The molecular weight excluding hydrogens is 178 g/mol. The molecule has 6 nitrogen and oxygen atoms in total. The molecule has 1 aliphatic heterocycles. The first-order valence-corrected chi connectivity index (χ1v) is 4.10. The van der Waals surface area contributed by atoms with Gasteiger partial charge in [0.1, 0.15) is 24.4 Å². The second-order valence-corrected chi connectivity index (χ2v) is 3.09. The maximum absolute atomic E-state index is 9.37. The Morgan fingerprint density at radius 2 is 1.69 bits per heavy atom. The van der Waals surface area contributed by atoms with Crippen molar-refractivity contribution < 1.29 is 25.2 Å². The van der Waals surface area contributed by atoms with Gasteiger partial charge in [0.25, 0.3) is 0 Å². The van der Waals surface area contributed by atoms with Gasteiger partial charge >= 0.3 is 0 Å². The molecule has 0 aliphatic carbocycles. The van der Waals surface area contributed by atoms with Crippen LogP contribution in [0.3, 0.4) is 0 Å². The summed E-state index contributed by atoms with van der Waals surface area (Å²) in [5, 5.41) is 39.5. The van der Waals surface area contributed by atoms with Crippen molar-refractivity contribution >= 4 is 0 Å². The summed E-state index contributed by atoms with van der Waals surface area (Å²) in [5.74, 6) is 0. The van der Waals surface area contributed by atoms with Gasteiger partial charge in [0, 0.05) is 6.54 Å². The number of rotatable bonds is 2. The molecule has 0 radical (unpaired) electrons. The van der Waals surface area contributed by atoms with E-state index >= 15 is 0 Å². The zero-order valence-corrected chi connectivity index (χ0v) is 7.29. The highest BCUT2D eigenvalue weighted by Crippen LogP contribution is 2.18. The average Bonchev–Trinajstić information content (AvgIpc) is 2.11. The van der Waals surface area contributed by atoms with E-state index in [1.165, 1.54) is 0 Å². The number of ether oxygens (including phenoxy) is 1. The maximum atomic E-state index is 9.37. The van der Waals surface area contributed by atoms with Crippen LogP contribution in [0.15, 0.2) is 0 Å². The van der Waals surface area contributed by atoms with Crippen molar-refractivity contribution in [1.29, 1.82) is 0 Å². The Kier molecular flexibility index (Phi) is 3.60. The van der Waals surface area contributed by atoms with Gasteiger partial charge in [-0.05, 0) is 7.05 Å². The predicted molar refractivity (Wildman–Crippen MR) is 42.8 cm³/mol. The fraction of sp³-hybridized carbons (Fsp3) is 1.00. The van der Waals surface area contributed by atoms with Crippen LogP contribution < -0.4 is 5.32 Å². The van der Waals surface area contributed by atoms with Crippen LogP contribution in [0.4, 0.5) is 0 Å². The molecule has 0 saturated carbocycles. The fourth-order valence-corrected chi connectivity index (χ4v) is 1.30. The van der Waals surface area contributed by atoms with Gasteiger partial charge in [0.2, 0.25) is 0 Å². The van der Waals surface area contributed by atoms with Crippen molar-refractivity contribution in [3.05, 3.63) is 0 Å². The lowest BCUT2D eigenvalue weighted by atomic mass is 9.99. The standard InChI is InChI=1S/C7H15NO5/c1-8-2-3-4(9)5(10)6(11)7(12)13-3/h3-12H,2H2,1H3/t3?,4?,5-,6?,7+/m1/s1. The van der Waals surface area contributed by atoms with Crippen LogP contribution in [0.25, 0.3) is 0 Å². The Bertz CT molecular complexity index is 167. The summed E-state index contributed by atoms with van der Waals surface area (Å²) in [7, 11) is 1.65. The quantitative estimate of drug-likeness (QED) is 0.320. The predicted octanol–water partition coefficient (Wildman–Crippen LogP) is -2.99. The van der Waals surface area contributed by atoms with Crippen LogP contribution in [0.2, 0.25) is 0 Å². The minimum atomic E-state index is -1.46. The molecule has 13 heavy (non-hydrogen) atoms. The molecule has 1 heterocycles. The van der Waals surface area contributed by atoms with E-state index in [4.69, 9.17) is 14.9 Å². The third-order valence-electron chi connectivity index (χ3n) is 2.09. The SMILES string of the molecule is CNCC1O[C@H](O)C(O)[C@H](O)C1O. The van der Waals surface area contributed by atoms with E-state index in [9.17, 15) is 10.2 Å². The van der Waals surface area contributed by atoms with Gasteiger partial charge in [-0.25, -0.2) is 0 Å². The van der Waals surface area contributed by atoms with Crippen LogP contribution in [-0.2, 0) is 4.74 Å². The lowest BCUT2D eigenvalue weighted by Gasteiger charge is -2.38. The molecule has 78 valence electrons. The highest BCUT2D eigenvalue weighted by molar-refractivity contribution is 4.89. The van der Waals surface area contributed by atoms with Gasteiger partial charge in [-0.2, -0.15) is 0 Å². The number of hydrogen-bond acceptors (Lipinski definition) is 6. The molecule has 1 aliphatic rings. The van der Waals surface area contributed by atoms with E-state index in [0.717, 1.165) is 0 Å². The van der Waals surface area contributed by atoms with Gasteiger partial charge in [0.05, 0.1) is 0 Å². The van der Waals surface area contributed by atoms with Gasteiger partial charge in [-0.15, -0.1) is 0 Å². The van der Waals surface area contributed by atoms with Crippen molar-refractivity contribution in [3.63, 3.8) is 0 Å². The monoisotopic (exact) mass is 193 g/mol. The van der Waals surface area contributed by atoms with Gasteiger partial charge in [-0.1, -0.05) is 0 Å². The van der Waals surface area contributed by atoms with E-state index in [1.807, 2.05) is 0 Å². The molecule has 3 unspecified atom stereocenters. The molecule has 1 fully saturated rings. The third kappa shape index (κ3) is 2.16. The highest BCUT2D eigenvalue weighted by atomic mass is 16.6. The van der Waals surface area contributed by atoms with E-state index in [-0.39, 0.29) is 0 Å². The zero-order chi connectivity index (χ0) is 10.0. The summed E-state index contributed by atoms with van der Waals surface area (Å²) < 4.78 is 4.85. The second kappa shape index (κ2) is 4.32. The number of aliphatic hydroxyl groups is 4. The van der Waals surface area contributed by atoms with Crippen molar-refractivity contribution in [3.8, 4) is 0 Å². The van der Waals surface area contributed by atoms with E-state index < -0.39 is 30.7 Å². The van der Waals surface area contributed by atoms with Gasteiger partial charge < -0.3 is 30.5 Å². The fourth-order valence-electron chi connectivity index (χ4n) is 1.30. The normalized spacial score (nSPS) is 46.4. The Balaban J connectivity index is 2.59. The molecule has 0 amide bonds. The van der Waals surface area contributed by atoms with Crippen LogP contribution in [0.1, 0.15) is 0 Å². The van der Waals surface area contributed by atoms with Crippen molar-refractivity contribution in [2.45, 2.75) is 30.7 Å². The Hall–Kier alpha value is -0.240. The summed E-state index contributed by atoms with van der Waals surface area (Å²) in [6, 6.07) is 0. The number of aliphatic hydroxyl groups excluding tert-OH is 4. The van der Waals surface area contributed by atoms with E-state index in [1.54, 1.807) is 7.05 Å². The molecule has 0 aromatic carbocycles. The molecule has 1 saturated heterocycles. The summed E-state index contributed by atoms with van der Waals surface area (Å²) in [4.78, 5) is 0. The first-order valence-electron chi connectivity index (χ1n) is 4.10. The van der Waals surface area contributed by atoms with Crippen molar-refractivity contribution in [2.24, 2.45) is 0 Å². The number of likely N-dealkylation sites (N-methyl/N-ethyl adjacent to an activating group) is 1. The van der Waals surface area contributed by atoms with Crippen molar-refractivity contribution in [1.82, 2.24) is 5.32 Å². The molecule has 5 atom stereocenters. The van der Waals surface area contributed by atoms with Crippen LogP contribution in [-0.4, -0.2) is 64.7 Å². The third-order valence-corrected chi connectivity index (χ3v) is 2.09. The Morgan fingerprint density at radius 1 is 1.08 bits per heavy atom. The smallest absolute Gasteiger partial charge is 0.184 e. The minimum Gasteiger partial charge on any atom is -0.388 e. The van der Waals surface area contributed by atoms with E-state index in [2.05, 4.69) is 5.32 Å². The molecule has 6 heteroatoms. The van der Waals surface area contributed by atoms with Crippen LogP contribution in [0.5, 0.6) is 0 Å². The largest absolute Gasteiger partial charge is 0.388 e. The minimum absolute atomic E-state index is 0.294. The highest BCUT2D eigenvalue weighted by Gasteiger charge is 2.42. The first-order chi connectivity index (χ1) is 6.07. The maximum Gasteiger partial charge on any atom is 0.184 e. The number of nitrogens with one attached hydrogen (secondary N) is 1. The molecule has 5 N–H and O–H groups in total.